The van der Waals surface area contributed by atoms with E-state index < -0.39 is 0 Å². The smallest absolute Gasteiger partial charge is 0.265 e. The van der Waals surface area contributed by atoms with Gasteiger partial charge in [-0.2, -0.15) is 0 Å². The molecule has 0 bridgehead atoms. The maximum Gasteiger partial charge on any atom is 0.265 e. The van der Waals surface area contributed by atoms with Gasteiger partial charge < -0.3 is 16.0 Å². The molecular weight excluding hydrogens is 432 g/mol. The number of fused-ring (bicyclic) bond motifs is 1. The summed E-state index contributed by atoms with van der Waals surface area (Å²) < 4.78 is 1.10. The summed E-state index contributed by atoms with van der Waals surface area (Å²) in [6, 6.07) is 24.8. The van der Waals surface area contributed by atoms with Crippen molar-refractivity contribution in [3.8, 4) is 0 Å². The summed E-state index contributed by atoms with van der Waals surface area (Å²) in [5.41, 5.74) is 1.57. The van der Waals surface area contributed by atoms with Crippen LogP contribution in [0.4, 0.5) is 28.8 Å². The number of rotatable bonds is 6. The van der Waals surface area contributed by atoms with Crippen LogP contribution in [0.1, 0.15) is 15.5 Å². The van der Waals surface area contributed by atoms with Gasteiger partial charge in [-0.15, -0.1) is 11.3 Å². The molecule has 0 radical (unpaired) electrons. The van der Waals surface area contributed by atoms with Crippen LogP contribution in [0.2, 0.25) is 0 Å². The standard InChI is InChI=1S/C25H20N6OS/c1-16-27-23(15-24(28-16)31-22-8-4-5-13-26-22)29-18-9-11-19(12-10-18)30-25(32)21-14-17-6-2-3-7-20(17)33-21/h2-15H,1H3,(H,30,32)(H2,26,27,28,29,31). The van der Waals surface area contributed by atoms with Crippen molar-refractivity contribution < 1.29 is 4.79 Å². The maximum atomic E-state index is 12.6. The van der Waals surface area contributed by atoms with Crippen LogP contribution in [-0.2, 0) is 0 Å². The molecule has 33 heavy (non-hydrogen) atoms. The van der Waals surface area contributed by atoms with Crippen molar-refractivity contribution in [3.63, 3.8) is 0 Å². The molecule has 0 spiro atoms. The first-order valence-electron chi connectivity index (χ1n) is 10.3. The number of nitrogens with zero attached hydrogens (tertiary/aromatic N) is 3. The van der Waals surface area contributed by atoms with Gasteiger partial charge in [0.1, 0.15) is 23.3 Å². The molecule has 0 aliphatic rings. The molecule has 162 valence electrons. The highest BCUT2D eigenvalue weighted by Gasteiger charge is 2.10. The van der Waals surface area contributed by atoms with Crippen molar-refractivity contribution in [2.45, 2.75) is 6.92 Å². The molecule has 3 N–H and O–H groups in total. The quantitative estimate of drug-likeness (QED) is 0.287. The Morgan fingerprint density at radius 2 is 1.52 bits per heavy atom. The predicted octanol–water partition coefficient (Wildman–Crippen LogP) is 6.13. The average Bonchev–Trinajstić information content (AvgIpc) is 3.25. The van der Waals surface area contributed by atoms with Crippen molar-refractivity contribution >= 4 is 56.2 Å². The molecule has 8 heteroatoms. The highest BCUT2D eigenvalue weighted by molar-refractivity contribution is 7.20. The summed E-state index contributed by atoms with van der Waals surface area (Å²) in [7, 11) is 0. The number of nitrogens with one attached hydrogen (secondary N) is 3. The second-order valence-corrected chi connectivity index (χ2v) is 8.41. The van der Waals surface area contributed by atoms with Gasteiger partial charge in [0.2, 0.25) is 0 Å². The SMILES string of the molecule is Cc1nc(Nc2ccc(NC(=O)c3cc4ccccc4s3)cc2)cc(Nc2ccccn2)n1. The van der Waals surface area contributed by atoms with E-state index in [4.69, 9.17) is 0 Å². The molecule has 0 fully saturated rings. The zero-order chi connectivity index (χ0) is 22.6. The number of carbonyl (C=O) groups excluding carboxylic acids is 1. The number of benzene rings is 2. The second kappa shape index (κ2) is 9.05. The Balaban J connectivity index is 1.26. The largest absolute Gasteiger partial charge is 0.340 e. The van der Waals surface area contributed by atoms with Gasteiger partial charge in [-0.05, 0) is 60.8 Å². The molecule has 0 saturated carbocycles. The highest BCUT2D eigenvalue weighted by atomic mass is 32.1. The van der Waals surface area contributed by atoms with Gasteiger partial charge >= 0.3 is 0 Å². The fraction of sp³-hybridized carbons (Fsp3) is 0.0400. The van der Waals surface area contributed by atoms with Gasteiger partial charge in [-0.25, -0.2) is 15.0 Å². The number of hydrogen-bond donors (Lipinski definition) is 3. The first kappa shape index (κ1) is 20.6. The number of carbonyl (C=O) groups is 1. The summed E-state index contributed by atoms with van der Waals surface area (Å²) in [5, 5.41) is 10.5. The van der Waals surface area contributed by atoms with Crippen molar-refractivity contribution in [2.24, 2.45) is 0 Å². The fourth-order valence-electron chi connectivity index (χ4n) is 3.33. The third-order valence-corrected chi connectivity index (χ3v) is 5.94. The molecule has 0 aliphatic carbocycles. The first-order valence-corrected chi connectivity index (χ1v) is 11.1. The summed E-state index contributed by atoms with van der Waals surface area (Å²) in [4.78, 5) is 26.4. The number of thiophene rings is 1. The predicted molar refractivity (Wildman–Crippen MR) is 134 cm³/mol. The molecule has 2 aromatic carbocycles. The van der Waals surface area contributed by atoms with E-state index in [1.54, 1.807) is 6.20 Å². The third-order valence-electron chi connectivity index (χ3n) is 4.82. The minimum atomic E-state index is -0.117. The van der Waals surface area contributed by atoms with Crippen LogP contribution in [0, 0.1) is 6.92 Å². The van der Waals surface area contributed by atoms with Gasteiger partial charge in [0.05, 0.1) is 4.88 Å². The van der Waals surface area contributed by atoms with Crippen LogP contribution >= 0.6 is 11.3 Å². The first-order chi connectivity index (χ1) is 16.1. The maximum absolute atomic E-state index is 12.6. The normalized spacial score (nSPS) is 10.7. The summed E-state index contributed by atoms with van der Waals surface area (Å²) in [6.45, 7) is 1.83. The number of aromatic nitrogens is 3. The zero-order valence-corrected chi connectivity index (χ0v) is 18.6. The van der Waals surface area contributed by atoms with E-state index in [0.717, 1.165) is 21.5 Å². The van der Waals surface area contributed by atoms with E-state index in [1.807, 2.05) is 85.8 Å². The van der Waals surface area contributed by atoms with Crippen molar-refractivity contribution in [1.82, 2.24) is 15.0 Å². The van der Waals surface area contributed by atoms with Crippen LogP contribution in [0.15, 0.2) is 85.1 Å². The molecule has 0 atom stereocenters. The van der Waals surface area contributed by atoms with Crippen LogP contribution in [-0.4, -0.2) is 20.9 Å². The van der Waals surface area contributed by atoms with E-state index >= 15 is 0 Å². The third kappa shape index (κ3) is 4.97. The van der Waals surface area contributed by atoms with Crippen molar-refractivity contribution in [1.29, 1.82) is 0 Å². The molecule has 3 aromatic heterocycles. The molecule has 0 unspecified atom stereocenters. The Labute approximate surface area is 194 Å². The van der Waals surface area contributed by atoms with E-state index in [0.29, 0.717) is 28.2 Å². The Kier molecular flexibility index (Phi) is 5.65. The molecule has 0 saturated heterocycles. The van der Waals surface area contributed by atoms with E-state index in [-0.39, 0.29) is 5.91 Å². The molecular formula is C25H20N6OS. The van der Waals surface area contributed by atoms with E-state index in [1.165, 1.54) is 11.3 Å². The Bertz CT molecular complexity index is 1380. The minimum absolute atomic E-state index is 0.117. The van der Waals surface area contributed by atoms with Gasteiger partial charge in [-0.1, -0.05) is 24.3 Å². The molecule has 7 nitrogen and oxygen atoms in total. The molecule has 0 aliphatic heterocycles. The number of amides is 1. The van der Waals surface area contributed by atoms with Crippen LogP contribution < -0.4 is 16.0 Å². The van der Waals surface area contributed by atoms with Crippen LogP contribution in [0.25, 0.3) is 10.1 Å². The van der Waals surface area contributed by atoms with Crippen molar-refractivity contribution in [2.75, 3.05) is 16.0 Å². The van der Waals surface area contributed by atoms with Gasteiger partial charge in [0.15, 0.2) is 0 Å². The van der Waals surface area contributed by atoms with Gasteiger partial charge in [0.25, 0.3) is 5.91 Å². The number of anilines is 5. The van der Waals surface area contributed by atoms with Crippen LogP contribution in [0.3, 0.4) is 0 Å². The summed E-state index contributed by atoms with van der Waals surface area (Å²) in [5.74, 6) is 2.53. The van der Waals surface area contributed by atoms with E-state index in [9.17, 15) is 4.79 Å². The van der Waals surface area contributed by atoms with E-state index in [2.05, 4.69) is 30.9 Å². The molecule has 3 heterocycles. The zero-order valence-electron chi connectivity index (χ0n) is 17.7. The Morgan fingerprint density at radius 1 is 0.788 bits per heavy atom. The lowest BCUT2D eigenvalue weighted by Gasteiger charge is -2.10. The lowest BCUT2D eigenvalue weighted by Crippen LogP contribution is -2.09. The van der Waals surface area contributed by atoms with Crippen molar-refractivity contribution in [3.05, 3.63) is 95.8 Å². The average molecular weight is 453 g/mol. The minimum Gasteiger partial charge on any atom is -0.340 e. The fourth-order valence-corrected chi connectivity index (χ4v) is 4.29. The summed E-state index contributed by atoms with van der Waals surface area (Å²) >= 11 is 1.48. The topological polar surface area (TPSA) is 91.8 Å². The number of hydrogen-bond acceptors (Lipinski definition) is 7. The Morgan fingerprint density at radius 3 is 2.27 bits per heavy atom. The molecule has 5 rings (SSSR count). The Hall–Kier alpha value is -4.30. The van der Waals surface area contributed by atoms with Crippen LogP contribution in [0.5, 0.6) is 0 Å². The monoisotopic (exact) mass is 452 g/mol. The van der Waals surface area contributed by atoms with Gasteiger partial charge in [-0.3, -0.25) is 4.79 Å². The molecule has 5 aromatic rings. The summed E-state index contributed by atoms with van der Waals surface area (Å²) in [6.07, 6.45) is 1.72. The second-order valence-electron chi connectivity index (χ2n) is 7.33. The number of pyridine rings is 1. The molecule has 1 amide bonds. The lowest BCUT2D eigenvalue weighted by atomic mass is 10.2. The lowest BCUT2D eigenvalue weighted by molar-refractivity contribution is 0.103. The number of aryl methyl sites for hydroxylation is 1. The highest BCUT2D eigenvalue weighted by Crippen LogP contribution is 2.26. The van der Waals surface area contributed by atoms with Gasteiger partial charge in [0, 0.05) is 28.3 Å².